The molecule has 1 aromatic carbocycles. The number of unbranched alkanes of at least 4 members (excludes halogenated alkanes) is 2. The highest BCUT2D eigenvalue weighted by molar-refractivity contribution is 8.00. The Labute approximate surface area is 122 Å². The number of rotatable bonds is 8. The molecule has 1 rings (SSSR count). The van der Waals surface area contributed by atoms with E-state index in [4.69, 9.17) is 0 Å². The summed E-state index contributed by atoms with van der Waals surface area (Å²) in [5, 5.41) is 11.7. The molecule has 0 spiro atoms. The van der Waals surface area contributed by atoms with Gasteiger partial charge in [0, 0.05) is 15.2 Å². The van der Waals surface area contributed by atoms with Crippen molar-refractivity contribution in [2.45, 2.75) is 75.9 Å². The van der Waals surface area contributed by atoms with Crippen LogP contribution in [0, 0.1) is 0 Å². The standard InChI is InChI=1S/C17H27OS/c1-5-7-8-12-17(3,4)19-15-10-11-16(18)14(13-15)9-6-2/h10-11,13H,5-9,12H2,1-4H3. The highest BCUT2D eigenvalue weighted by Gasteiger charge is 2.19. The smallest absolute Gasteiger partial charge is 0.181 e. The summed E-state index contributed by atoms with van der Waals surface area (Å²) in [5.41, 5.74) is 0.969. The molecule has 0 unspecified atom stereocenters. The summed E-state index contributed by atoms with van der Waals surface area (Å²) in [7, 11) is 0. The minimum absolute atomic E-state index is 0.190. The van der Waals surface area contributed by atoms with Gasteiger partial charge in [0.05, 0.1) is 0 Å². The predicted molar refractivity (Wildman–Crippen MR) is 84.6 cm³/mol. The molecule has 1 aromatic rings. The first-order valence-corrected chi connectivity index (χ1v) is 8.29. The van der Waals surface area contributed by atoms with E-state index in [2.05, 4.69) is 33.8 Å². The second kappa shape index (κ2) is 7.84. The van der Waals surface area contributed by atoms with Crippen LogP contribution < -0.4 is 0 Å². The Bertz CT molecular complexity index is 385. The molecule has 2 heteroatoms. The lowest BCUT2D eigenvalue weighted by molar-refractivity contribution is 0.349. The van der Waals surface area contributed by atoms with E-state index < -0.39 is 0 Å². The molecule has 1 radical (unpaired) electrons. The molecular weight excluding hydrogens is 252 g/mol. The molecule has 0 N–H and O–H groups in total. The lowest BCUT2D eigenvalue weighted by atomic mass is 10.0. The SMILES string of the molecule is CCCCCC(C)(C)Sc1ccc([O])c(CCC)c1. The van der Waals surface area contributed by atoms with Crippen LogP contribution in [0.3, 0.4) is 0 Å². The third kappa shape index (κ3) is 5.90. The van der Waals surface area contributed by atoms with E-state index in [1.165, 1.54) is 30.6 Å². The predicted octanol–water partition coefficient (Wildman–Crippen LogP) is 6.23. The molecule has 0 fully saturated rings. The molecular formula is C17H27OS. The molecule has 0 aromatic heterocycles. The second-order valence-corrected chi connectivity index (χ2v) is 7.62. The van der Waals surface area contributed by atoms with Crippen LogP contribution in [0.5, 0.6) is 5.75 Å². The van der Waals surface area contributed by atoms with Gasteiger partial charge in [-0.3, -0.25) is 5.11 Å². The van der Waals surface area contributed by atoms with Gasteiger partial charge < -0.3 is 0 Å². The largest absolute Gasteiger partial charge is 0.290 e. The molecule has 0 saturated carbocycles. The van der Waals surface area contributed by atoms with Crippen LogP contribution >= 0.6 is 11.8 Å². The van der Waals surface area contributed by atoms with E-state index in [1.54, 1.807) is 6.07 Å². The normalized spacial score (nSPS) is 11.8. The molecule has 19 heavy (non-hydrogen) atoms. The Balaban J connectivity index is 2.67. The highest BCUT2D eigenvalue weighted by atomic mass is 32.2. The quantitative estimate of drug-likeness (QED) is 0.407. The zero-order valence-electron chi connectivity index (χ0n) is 12.8. The van der Waals surface area contributed by atoms with Crippen molar-refractivity contribution in [1.82, 2.24) is 0 Å². The van der Waals surface area contributed by atoms with Gasteiger partial charge in [0.1, 0.15) is 0 Å². The Kier molecular flexibility index (Phi) is 6.78. The zero-order chi connectivity index (χ0) is 14.3. The van der Waals surface area contributed by atoms with Crippen molar-refractivity contribution < 1.29 is 5.11 Å². The first-order valence-electron chi connectivity index (χ1n) is 7.47. The summed E-state index contributed by atoms with van der Waals surface area (Å²) in [5.74, 6) is 0.190. The average Bonchev–Trinajstić information content (AvgIpc) is 2.33. The number of aryl methyl sites for hydroxylation is 1. The van der Waals surface area contributed by atoms with Gasteiger partial charge in [-0.15, -0.1) is 11.8 Å². The van der Waals surface area contributed by atoms with Crippen LogP contribution in [0.25, 0.3) is 0 Å². The molecule has 0 aliphatic rings. The van der Waals surface area contributed by atoms with Gasteiger partial charge in [-0.1, -0.05) is 53.4 Å². The fourth-order valence-electron chi connectivity index (χ4n) is 2.25. The van der Waals surface area contributed by atoms with E-state index in [-0.39, 0.29) is 10.5 Å². The van der Waals surface area contributed by atoms with Crippen molar-refractivity contribution in [1.29, 1.82) is 0 Å². The average molecular weight is 279 g/mol. The van der Waals surface area contributed by atoms with Crippen molar-refractivity contribution in [2.24, 2.45) is 0 Å². The van der Waals surface area contributed by atoms with E-state index in [1.807, 2.05) is 17.8 Å². The Morgan fingerprint density at radius 2 is 1.84 bits per heavy atom. The van der Waals surface area contributed by atoms with Gasteiger partial charge >= 0.3 is 0 Å². The minimum atomic E-state index is 0.190. The van der Waals surface area contributed by atoms with Crippen molar-refractivity contribution >= 4 is 11.8 Å². The molecule has 0 amide bonds. The number of thioether (sulfide) groups is 1. The summed E-state index contributed by atoms with van der Waals surface area (Å²) in [6.07, 6.45) is 7.02. The van der Waals surface area contributed by atoms with E-state index in [0.717, 1.165) is 18.4 Å². The van der Waals surface area contributed by atoms with E-state index in [9.17, 15) is 5.11 Å². The van der Waals surface area contributed by atoms with Crippen molar-refractivity contribution in [3.63, 3.8) is 0 Å². The summed E-state index contributed by atoms with van der Waals surface area (Å²) in [4.78, 5) is 1.24. The number of hydrogen-bond donors (Lipinski definition) is 0. The molecule has 0 saturated heterocycles. The maximum absolute atomic E-state index is 11.7. The highest BCUT2D eigenvalue weighted by Crippen LogP contribution is 2.38. The summed E-state index contributed by atoms with van der Waals surface area (Å²) in [6.45, 7) is 8.97. The first kappa shape index (κ1) is 16.4. The first-order chi connectivity index (χ1) is 8.98. The van der Waals surface area contributed by atoms with Gasteiger partial charge in [0.25, 0.3) is 0 Å². The molecule has 0 bridgehead atoms. The lowest BCUT2D eigenvalue weighted by Crippen LogP contribution is -2.14. The van der Waals surface area contributed by atoms with Gasteiger partial charge in [0.2, 0.25) is 0 Å². The summed E-state index contributed by atoms with van der Waals surface area (Å²) >= 11 is 1.91. The van der Waals surface area contributed by atoms with Gasteiger partial charge in [-0.25, -0.2) is 0 Å². The molecule has 107 valence electrons. The van der Waals surface area contributed by atoms with Crippen LogP contribution in [-0.4, -0.2) is 4.75 Å². The van der Waals surface area contributed by atoms with Crippen LogP contribution in [0.1, 0.15) is 65.4 Å². The van der Waals surface area contributed by atoms with Crippen LogP contribution in [0.4, 0.5) is 0 Å². The fraction of sp³-hybridized carbons (Fsp3) is 0.647. The summed E-state index contributed by atoms with van der Waals surface area (Å²) in [6, 6.07) is 5.81. The molecule has 0 heterocycles. The molecule has 1 nitrogen and oxygen atoms in total. The maximum atomic E-state index is 11.7. The Morgan fingerprint density at radius 1 is 1.11 bits per heavy atom. The Hall–Kier alpha value is -0.630. The number of hydrogen-bond acceptors (Lipinski definition) is 1. The second-order valence-electron chi connectivity index (χ2n) is 5.84. The zero-order valence-corrected chi connectivity index (χ0v) is 13.6. The third-order valence-corrected chi connectivity index (χ3v) is 4.57. The third-order valence-electron chi connectivity index (χ3n) is 3.33. The van der Waals surface area contributed by atoms with E-state index in [0.29, 0.717) is 0 Å². The van der Waals surface area contributed by atoms with Gasteiger partial charge in [-0.05, 0) is 31.0 Å². The van der Waals surface area contributed by atoms with Crippen LogP contribution in [-0.2, 0) is 11.5 Å². The van der Waals surface area contributed by atoms with E-state index >= 15 is 0 Å². The van der Waals surface area contributed by atoms with Gasteiger partial charge in [0.15, 0.2) is 5.75 Å². The monoisotopic (exact) mass is 279 g/mol. The molecule has 0 aliphatic heterocycles. The molecule has 0 aliphatic carbocycles. The van der Waals surface area contributed by atoms with Gasteiger partial charge in [-0.2, -0.15) is 0 Å². The summed E-state index contributed by atoms with van der Waals surface area (Å²) < 4.78 is 0.253. The van der Waals surface area contributed by atoms with Crippen LogP contribution in [0.2, 0.25) is 0 Å². The van der Waals surface area contributed by atoms with Crippen molar-refractivity contribution in [3.8, 4) is 5.75 Å². The molecule has 0 atom stereocenters. The van der Waals surface area contributed by atoms with Crippen molar-refractivity contribution in [2.75, 3.05) is 0 Å². The van der Waals surface area contributed by atoms with Crippen molar-refractivity contribution in [3.05, 3.63) is 23.8 Å². The number of benzene rings is 1. The Morgan fingerprint density at radius 3 is 2.47 bits per heavy atom. The lowest BCUT2D eigenvalue weighted by Gasteiger charge is -2.24. The topological polar surface area (TPSA) is 19.9 Å². The maximum Gasteiger partial charge on any atom is 0.181 e. The minimum Gasteiger partial charge on any atom is -0.290 e. The fourth-order valence-corrected chi connectivity index (χ4v) is 3.48. The van der Waals surface area contributed by atoms with Crippen LogP contribution in [0.15, 0.2) is 23.1 Å².